The van der Waals surface area contributed by atoms with Crippen molar-refractivity contribution in [3.63, 3.8) is 0 Å². The van der Waals surface area contributed by atoms with Gasteiger partial charge in [-0.2, -0.15) is 0 Å². The lowest BCUT2D eigenvalue weighted by Crippen LogP contribution is -2.41. The zero-order chi connectivity index (χ0) is 22.4. The molecular weight excluding hydrogens is 416 g/mol. The van der Waals surface area contributed by atoms with Gasteiger partial charge in [0, 0.05) is 12.6 Å². The summed E-state index contributed by atoms with van der Waals surface area (Å²) < 4.78 is 6.72. The van der Waals surface area contributed by atoms with E-state index in [2.05, 4.69) is 15.6 Å². The van der Waals surface area contributed by atoms with Gasteiger partial charge in [-0.25, -0.2) is 9.78 Å². The van der Waals surface area contributed by atoms with Crippen LogP contribution in [0, 0.1) is 5.92 Å². The van der Waals surface area contributed by atoms with Crippen LogP contribution in [0.15, 0.2) is 58.5 Å². The molecule has 0 bridgehead atoms. The summed E-state index contributed by atoms with van der Waals surface area (Å²) in [5.74, 6) is 0.303. The molecule has 0 saturated carbocycles. The van der Waals surface area contributed by atoms with Crippen molar-refractivity contribution in [1.82, 2.24) is 20.2 Å². The third-order valence-electron chi connectivity index (χ3n) is 4.31. The monoisotopic (exact) mass is 440 g/mol. The number of urea groups is 1. The van der Waals surface area contributed by atoms with Crippen molar-refractivity contribution >= 4 is 34.6 Å². The molecule has 3 amide bonds. The maximum Gasteiger partial charge on any atom is 0.321 e. The second kappa shape index (κ2) is 10.1. The fraction of sp³-hybridized carbons (Fsp3) is 0.273. The second-order valence-electron chi connectivity index (χ2n) is 7.19. The van der Waals surface area contributed by atoms with Crippen molar-refractivity contribution in [2.24, 2.45) is 5.92 Å². The number of carbonyl (C=O) groups is 2. The normalized spacial score (nSPS) is 10.8. The lowest BCUT2D eigenvalue weighted by Gasteiger charge is -2.14. The van der Waals surface area contributed by atoms with Crippen molar-refractivity contribution in [3.8, 4) is 11.4 Å². The molecule has 0 aliphatic rings. The third-order valence-corrected chi connectivity index (χ3v) is 5.25. The Labute approximate surface area is 184 Å². The number of thioether (sulfide) groups is 1. The smallest absolute Gasteiger partial charge is 0.321 e. The number of benzene rings is 2. The van der Waals surface area contributed by atoms with Gasteiger partial charge in [-0.3, -0.25) is 19.5 Å². The number of nitrogens with zero attached hydrogens (tertiary/aromatic N) is 2. The van der Waals surface area contributed by atoms with Crippen LogP contribution in [0.25, 0.3) is 16.6 Å². The number of amides is 3. The van der Waals surface area contributed by atoms with E-state index in [1.807, 2.05) is 13.8 Å². The molecule has 2 N–H and O–H groups in total. The number of methoxy groups -OCH3 is 1. The van der Waals surface area contributed by atoms with Crippen LogP contribution in [-0.2, 0) is 4.79 Å². The molecule has 1 aromatic heterocycles. The Morgan fingerprint density at radius 2 is 1.94 bits per heavy atom. The molecule has 162 valence electrons. The largest absolute Gasteiger partial charge is 0.497 e. The molecule has 0 unspecified atom stereocenters. The lowest BCUT2D eigenvalue weighted by atomic mass is 10.2. The van der Waals surface area contributed by atoms with Gasteiger partial charge in [0.15, 0.2) is 5.16 Å². The molecule has 0 aliphatic carbocycles. The number of hydrogen-bond acceptors (Lipinski definition) is 6. The molecule has 0 radical (unpaired) electrons. The summed E-state index contributed by atoms with van der Waals surface area (Å²) in [6.07, 6.45) is 0. The number of para-hydroxylation sites is 1. The number of fused-ring (bicyclic) bond motifs is 1. The van der Waals surface area contributed by atoms with Crippen molar-refractivity contribution in [3.05, 3.63) is 58.9 Å². The van der Waals surface area contributed by atoms with Crippen LogP contribution in [0.3, 0.4) is 0 Å². The third kappa shape index (κ3) is 5.64. The molecular formula is C22H24N4O4S. The summed E-state index contributed by atoms with van der Waals surface area (Å²) in [7, 11) is 1.55. The molecule has 9 heteroatoms. The topological polar surface area (TPSA) is 102 Å². The van der Waals surface area contributed by atoms with E-state index in [1.165, 1.54) is 4.57 Å². The molecule has 0 fully saturated rings. The minimum Gasteiger partial charge on any atom is -0.497 e. The highest BCUT2D eigenvalue weighted by Gasteiger charge is 2.16. The first kappa shape index (κ1) is 22.4. The minimum atomic E-state index is -0.545. The van der Waals surface area contributed by atoms with Crippen molar-refractivity contribution in [2.45, 2.75) is 19.0 Å². The van der Waals surface area contributed by atoms with E-state index < -0.39 is 11.9 Å². The Balaban J connectivity index is 1.89. The Hall–Kier alpha value is -3.33. The summed E-state index contributed by atoms with van der Waals surface area (Å²) >= 11 is 1.08. The van der Waals surface area contributed by atoms with E-state index in [4.69, 9.17) is 4.74 Å². The van der Waals surface area contributed by atoms with Gasteiger partial charge in [-0.1, -0.05) is 43.8 Å². The van der Waals surface area contributed by atoms with Gasteiger partial charge < -0.3 is 10.1 Å². The first-order chi connectivity index (χ1) is 14.9. The molecule has 31 heavy (non-hydrogen) atoms. The van der Waals surface area contributed by atoms with Gasteiger partial charge in [-0.05, 0) is 30.2 Å². The summed E-state index contributed by atoms with van der Waals surface area (Å²) in [5.41, 5.74) is 0.848. The Bertz CT molecular complexity index is 1160. The minimum absolute atomic E-state index is 0.0795. The highest BCUT2D eigenvalue weighted by Crippen LogP contribution is 2.23. The Kier molecular flexibility index (Phi) is 7.30. The molecule has 0 spiro atoms. The van der Waals surface area contributed by atoms with E-state index in [0.29, 0.717) is 34.0 Å². The number of imide groups is 1. The number of rotatable bonds is 7. The van der Waals surface area contributed by atoms with Gasteiger partial charge in [0.05, 0.1) is 29.5 Å². The summed E-state index contributed by atoms with van der Waals surface area (Å²) in [5, 5.41) is 5.73. The van der Waals surface area contributed by atoms with E-state index in [9.17, 15) is 14.4 Å². The second-order valence-corrected chi connectivity index (χ2v) is 8.14. The maximum atomic E-state index is 13.2. The molecule has 0 atom stereocenters. The number of hydrogen-bond donors (Lipinski definition) is 2. The molecule has 3 rings (SSSR count). The Morgan fingerprint density at radius 1 is 1.16 bits per heavy atom. The summed E-state index contributed by atoms with van der Waals surface area (Å²) in [6, 6.07) is 13.5. The Morgan fingerprint density at radius 3 is 2.68 bits per heavy atom. The summed E-state index contributed by atoms with van der Waals surface area (Å²) in [6.45, 7) is 4.39. The molecule has 0 saturated heterocycles. The molecule has 1 heterocycles. The van der Waals surface area contributed by atoms with Crippen LogP contribution in [0.4, 0.5) is 4.79 Å². The van der Waals surface area contributed by atoms with Gasteiger partial charge in [0.25, 0.3) is 5.56 Å². The molecule has 0 aliphatic heterocycles. The quantitative estimate of drug-likeness (QED) is 0.433. The molecule has 2 aromatic carbocycles. The average molecular weight is 441 g/mol. The number of ether oxygens (including phenoxy) is 1. The molecule has 3 aromatic rings. The predicted molar refractivity (Wildman–Crippen MR) is 121 cm³/mol. The summed E-state index contributed by atoms with van der Waals surface area (Å²) in [4.78, 5) is 41.9. The van der Waals surface area contributed by atoms with Crippen LogP contribution in [0.5, 0.6) is 5.75 Å². The van der Waals surface area contributed by atoms with Gasteiger partial charge >= 0.3 is 6.03 Å². The first-order valence-electron chi connectivity index (χ1n) is 9.75. The van der Waals surface area contributed by atoms with Crippen LogP contribution >= 0.6 is 11.8 Å². The maximum absolute atomic E-state index is 13.2. The van der Waals surface area contributed by atoms with Crippen molar-refractivity contribution in [1.29, 1.82) is 0 Å². The zero-order valence-electron chi connectivity index (χ0n) is 17.5. The number of aromatic nitrogens is 2. The first-order valence-corrected chi connectivity index (χ1v) is 10.7. The van der Waals surface area contributed by atoms with Gasteiger partial charge in [0.2, 0.25) is 5.91 Å². The fourth-order valence-electron chi connectivity index (χ4n) is 2.82. The number of carbonyl (C=O) groups excluding carboxylic acids is 2. The van der Waals surface area contributed by atoms with E-state index in [1.54, 1.807) is 55.6 Å². The predicted octanol–water partition coefficient (Wildman–Crippen LogP) is 2.97. The lowest BCUT2D eigenvalue weighted by molar-refractivity contribution is -0.117. The molecule has 8 nitrogen and oxygen atoms in total. The number of nitrogens with one attached hydrogen (secondary N) is 2. The van der Waals surface area contributed by atoms with Crippen molar-refractivity contribution < 1.29 is 14.3 Å². The highest BCUT2D eigenvalue weighted by atomic mass is 32.2. The van der Waals surface area contributed by atoms with Gasteiger partial charge in [0.1, 0.15) is 5.75 Å². The standard InChI is InChI=1S/C22H24N4O4S/c1-14(2)12-23-21(29)25-19(27)13-31-22-24-18-10-5-4-9-17(18)20(28)26(22)15-7-6-8-16(11-15)30-3/h4-11,14H,12-13H2,1-3H3,(H2,23,25,27,29). The van der Waals surface area contributed by atoms with Crippen molar-refractivity contribution in [2.75, 3.05) is 19.4 Å². The van der Waals surface area contributed by atoms with E-state index in [-0.39, 0.29) is 17.2 Å². The zero-order valence-corrected chi connectivity index (χ0v) is 18.4. The van der Waals surface area contributed by atoms with E-state index in [0.717, 1.165) is 11.8 Å². The van der Waals surface area contributed by atoms with Gasteiger partial charge in [-0.15, -0.1) is 0 Å². The van der Waals surface area contributed by atoms with Crippen LogP contribution in [-0.4, -0.2) is 40.9 Å². The van der Waals surface area contributed by atoms with Crippen LogP contribution in [0.2, 0.25) is 0 Å². The fourth-order valence-corrected chi connectivity index (χ4v) is 3.63. The van der Waals surface area contributed by atoms with E-state index >= 15 is 0 Å². The van der Waals surface area contributed by atoms with Crippen LogP contribution < -0.4 is 20.9 Å². The SMILES string of the molecule is COc1cccc(-n2c(SCC(=O)NC(=O)NCC(C)C)nc3ccccc3c2=O)c1. The van der Waals surface area contributed by atoms with Crippen LogP contribution in [0.1, 0.15) is 13.8 Å². The average Bonchev–Trinajstić information content (AvgIpc) is 2.76. The highest BCUT2D eigenvalue weighted by molar-refractivity contribution is 7.99.